The number of aromatic amines is 1. The van der Waals surface area contributed by atoms with Crippen molar-refractivity contribution in [2.45, 2.75) is 52.7 Å². The predicted octanol–water partition coefficient (Wildman–Crippen LogP) is 5.94. The van der Waals surface area contributed by atoms with Gasteiger partial charge in [0.2, 0.25) is 12.8 Å². The highest BCUT2D eigenvalue weighted by molar-refractivity contribution is 6.22. The smallest absolute Gasteiger partial charge is 0.254 e. The van der Waals surface area contributed by atoms with Crippen molar-refractivity contribution in [1.29, 1.82) is 0 Å². The summed E-state index contributed by atoms with van der Waals surface area (Å²) in [5.74, 6) is 5.39. The van der Waals surface area contributed by atoms with E-state index in [9.17, 15) is 19.5 Å². The first kappa shape index (κ1) is 58.3. The van der Waals surface area contributed by atoms with E-state index in [4.69, 9.17) is 33.5 Å². The third-order valence-corrected chi connectivity index (χ3v) is 10.5. The number of hydrogen-bond acceptors (Lipinski definition) is 14. The van der Waals surface area contributed by atoms with E-state index in [1.54, 1.807) is 11.4 Å². The minimum Gasteiger partial charge on any atom is -0.494 e. The van der Waals surface area contributed by atoms with E-state index >= 15 is 0 Å². The van der Waals surface area contributed by atoms with Crippen LogP contribution in [0.15, 0.2) is 96.0 Å². The number of carbonyl (C=O) groups excluding carboxylic acids is 5. The van der Waals surface area contributed by atoms with Gasteiger partial charge < -0.3 is 60.0 Å². The summed E-state index contributed by atoms with van der Waals surface area (Å²) < 4.78 is 21.4. The van der Waals surface area contributed by atoms with Gasteiger partial charge in [0.1, 0.15) is 12.9 Å². The number of imide groups is 1. The Balaban J connectivity index is 0.000000417. The predicted molar refractivity (Wildman–Crippen MR) is 277 cm³/mol. The molecule has 1 unspecified atom stereocenters. The van der Waals surface area contributed by atoms with Gasteiger partial charge in [-0.1, -0.05) is 74.7 Å². The molecule has 6 rings (SSSR count). The van der Waals surface area contributed by atoms with Gasteiger partial charge in [0.25, 0.3) is 5.91 Å². The second-order valence-electron chi connectivity index (χ2n) is 15.5. The van der Waals surface area contributed by atoms with E-state index in [1.807, 2.05) is 97.9 Å². The molecule has 0 aliphatic carbocycles. The number of aliphatic imine (C=N–C) groups is 1. The van der Waals surface area contributed by atoms with Crippen LogP contribution in [0.4, 0.5) is 11.4 Å². The Morgan fingerprint density at radius 2 is 1.51 bits per heavy atom. The lowest BCUT2D eigenvalue weighted by Gasteiger charge is -2.23. The average Bonchev–Trinajstić information content (AvgIpc) is 3.91. The third kappa shape index (κ3) is 20.8. The highest BCUT2D eigenvalue weighted by Crippen LogP contribution is 2.32. The summed E-state index contributed by atoms with van der Waals surface area (Å²) >= 11 is 0. The second kappa shape index (κ2) is 35.1. The maximum Gasteiger partial charge on any atom is 0.254 e. The first-order chi connectivity index (χ1) is 34.7. The quantitative estimate of drug-likeness (QED) is 0.0164. The molecule has 4 aromatic carbocycles. The molecule has 1 aromatic heterocycles. The monoisotopic (exact) mass is 976 g/mol. The summed E-state index contributed by atoms with van der Waals surface area (Å²) in [5, 5.41) is 22.9. The van der Waals surface area contributed by atoms with Crippen LogP contribution >= 0.6 is 0 Å². The number of fused-ring (bicyclic) bond motifs is 2. The van der Waals surface area contributed by atoms with Crippen LogP contribution in [0.2, 0.25) is 0 Å². The number of aromatic hydroxyl groups is 1. The van der Waals surface area contributed by atoms with E-state index in [0.29, 0.717) is 113 Å². The number of H-pyrrole nitrogens is 1. The number of nitrogens with zero attached hydrogens (tertiary/aromatic N) is 2. The van der Waals surface area contributed by atoms with Crippen molar-refractivity contribution in [1.82, 2.24) is 25.8 Å². The molecule has 0 fully saturated rings. The molecule has 1 aliphatic heterocycles. The molecule has 1 aliphatic rings. The number of anilines is 1. The Labute approximate surface area is 417 Å². The third-order valence-electron chi connectivity index (χ3n) is 10.5. The molecule has 0 bridgehead atoms. The fraction of sp³-hybridized carbons (Fsp3) is 0.370. The van der Waals surface area contributed by atoms with Gasteiger partial charge in [-0.2, -0.15) is 0 Å². The van der Waals surface area contributed by atoms with Gasteiger partial charge in [0.15, 0.2) is 12.2 Å². The molecule has 5 aromatic rings. The van der Waals surface area contributed by atoms with E-state index in [-0.39, 0.29) is 18.4 Å². The molecule has 0 saturated heterocycles. The highest BCUT2D eigenvalue weighted by atomic mass is 16.6. The van der Waals surface area contributed by atoms with Crippen molar-refractivity contribution in [3.8, 4) is 17.7 Å². The zero-order valence-electron chi connectivity index (χ0n) is 41.5. The maximum atomic E-state index is 12.2. The molecular formula is C54H69N7O10. The average molecular weight is 976 g/mol. The lowest BCUT2D eigenvalue weighted by molar-refractivity contribution is -0.117. The van der Waals surface area contributed by atoms with Gasteiger partial charge in [0.05, 0.1) is 68.7 Å². The van der Waals surface area contributed by atoms with Crippen molar-refractivity contribution in [2.24, 2.45) is 4.99 Å². The number of amides is 3. The molecular weight excluding hydrogens is 907 g/mol. The van der Waals surface area contributed by atoms with Crippen LogP contribution < -0.4 is 21.3 Å². The minimum atomic E-state index is 0.00541. The van der Waals surface area contributed by atoms with E-state index in [1.165, 1.54) is 0 Å². The van der Waals surface area contributed by atoms with Gasteiger partial charge >= 0.3 is 0 Å². The molecule has 0 radical (unpaired) electrons. The lowest BCUT2D eigenvalue weighted by atomic mass is 10.00. The summed E-state index contributed by atoms with van der Waals surface area (Å²) in [6.07, 6.45) is 4.07. The lowest BCUT2D eigenvalue weighted by Crippen LogP contribution is -2.33. The number of hydrogen-bond donors (Lipinski definition) is 6. The maximum absolute atomic E-state index is 12.2. The SMILES string of the molecule is CCCC(C)N1Cc2cc(NC)ccc2C1=O.CCNC.O=CC#Cc1ccc2c(C(=Nc3ccc(CNCCOCCOCCOCCOCC=O)cc3)c3ccccc3)c(O)[nH]c2c1.O=CNC=O. The number of nitrogens with one attached hydrogen (secondary N) is 5. The van der Waals surface area contributed by atoms with Crippen molar-refractivity contribution in [3.63, 3.8) is 0 Å². The first-order valence-electron chi connectivity index (χ1n) is 23.6. The second-order valence-corrected chi connectivity index (χ2v) is 15.5. The molecule has 2 heterocycles. The van der Waals surface area contributed by atoms with E-state index in [2.05, 4.69) is 59.6 Å². The number of ether oxygens (including phenoxy) is 4. The summed E-state index contributed by atoms with van der Waals surface area (Å²) in [7, 11) is 3.83. The minimum absolute atomic E-state index is 0.00541. The largest absolute Gasteiger partial charge is 0.494 e. The van der Waals surface area contributed by atoms with Crippen LogP contribution in [0.1, 0.15) is 71.8 Å². The molecule has 380 valence electrons. The van der Waals surface area contributed by atoms with Crippen LogP contribution in [-0.2, 0) is 51.2 Å². The van der Waals surface area contributed by atoms with Gasteiger partial charge in [0, 0.05) is 60.5 Å². The molecule has 3 amide bonds. The van der Waals surface area contributed by atoms with Crippen molar-refractivity contribution >= 4 is 59.3 Å². The zero-order chi connectivity index (χ0) is 51.5. The van der Waals surface area contributed by atoms with Gasteiger partial charge in [-0.05, 0) is 86.4 Å². The molecule has 17 heteroatoms. The van der Waals surface area contributed by atoms with Crippen molar-refractivity contribution in [2.75, 3.05) is 85.4 Å². The van der Waals surface area contributed by atoms with Crippen LogP contribution in [0.5, 0.6) is 5.88 Å². The Bertz CT molecular complexity index is 2440. The van der Waals surface area contributed by atoms with Gasteiger partial charge in [-0.15, -0.1) is 0 Å². The Morgan fingerprint density at radius 3 is 2.10 bits per heavy atom. The number of rotatable bonds is 26. The topological polar surface area (TPSA) is 222 Å². The number of aromatic nitrogens is 1. The van der Waals surface area contributed by atoms with Crippen molar-refractivity contribution in [3.05, 3.63) is 124 Å². The molecule has 1 atom stereocenters. The fourth-order valence-electron chi connectivity index (χ4n) is 6.92. The molecule has 17 nitrogen and oxygen atoms in total. The normalized spacial score (nSPS) is 11.8. The molecule has 6 N–H and O–H groups in total. The summed E-state index contributed by atoms with van der Waals surface area (Å²) in [6, 6.07) is 29.5. The van der Waals surface area contributed by atoms with Gasteiger partial charge in [-0.3, -0.25) is 19.2 Å². The first-order valence-corrected chi connectivity index (χ1v) is 23.6. The van der Waals surface area contributed by atoms with E-state index < -0.39 is 0 Å². The van der Waals surface area contributed by atoms with Gasteiger partial charge in [-0.25, -0.2) is 4.99 Å². The molecule has 71 heavy (non-hydrogen) atoms. The zero-order valence-corrected chi connectivity index (χ0v) is 41.5. The Hall–Kier alpha value is -7.04. The van der Waals surface area contributed by atoms with Crippen LogP contribution in [0.3, 0.4) is 0 Å². The van der Waals surface area contributed by atoms with Crippen molar-refractivity contribution < 1.29 is 48.0 Å². The fourth-order valence-corrected chi connectivity index (χ4v) is 6.92. The highest BCUT2D eigenvalue weighted by Gasteiger charge is 2.30. The summed E-state index contributed by atoms with van der Waals surface area (Å²) in [5.41, 5.74) is 8.38. The Kier molecular flexibility index (Phi) is 28.8. The van der Waals surface area contributed by atoms with Crippen LogP contribution in [-0.4, -0.2) is 138 Å². The summed E-state index contributed by atoms with van der Waals surface area (Å²) in [4.78, 5) is 61.1. The number of carbonyl (C=O) groups is 5. The number of aldehydes is 2. The number of benzene rings is 4. The molecule has 0 saturated carbocycles. The summed E-state index contributed by atoms with van der Waals surface area (Å²) in [6.45, 7) is 13.0. The Morgan fingerprint density at radius 1 is 0.845 bits per heavy atom. The molecule has 0 spiro atoms. The standard InChI is InChI=1S/C35H37N3O7.C14H20N2O.C3H9N.C2H3NO2/c39-15-4-5-27-10-13-31-32(25-27)38-35(41)33(31)34(29-6-2-1-3-7-29)37-30-11-8-28(9-12-30)26-36-14-17-42-19-21-44-23-24-45-22-20-43-18-16-40;1-4-5-10(2)16-9-11-8-12(15-3)6-7-13(11)14(16)17;1-3-4-2;4-1-3-2-5/h1-3,6-13,15-16,25,36,38,41H,14,17-24,26H2;6-8,10,15H,4-5,9H2,1-3H3;4H,3H2,1-2H3;1-2H,(H,3,4,5). The van der Waals surface area contributed by atoms with E-state index in [0.717, 1.165) is 64.9 Å². The van der Waals surface area contributed by atoms with Crippen LogP contribution in [0, 0.1) is 11.8 Å². The van der Waals surface area contributed by atoms with Crippen LogP contribution in [0.25, 0.3) is 10.9 Å².